The largest absolute Gasteiger partial charge is 0.495 e. The summed E-state index contributed by atoms with van der Waals surface area (Å²) >= 11 is 0. The Morgan fingerprint density at radius 3 is 1.70 bits per heavy atom. The zero-order valence-corrected chi connectivity index (χ0v) is 16.1. The second-order valence-electron chi connectivity index (χ2n) is 5.44. The van der Waals surface area contributed by atoms with Gasteiger partial charge in [-0.1, -0.05) is 48.0 Å². The van der Waals surface area contributed by atoms with E-state index in [0.29, 0.717) is 5.69 Å². The van der Waals surface area contributed by atoms with Crippen molar-refractivity contribution in [1.29, 1.82) is 0 Å². The average Bonchev–Trinajstić information content (AvgIpc) is 2.63. The van der Waals surface area contributed by atoms with Crippen molar-refractivity contribution >= 4 is 21.5 Å². The Labute approximate surface area is 160 Å². The summed E-state index contributed by atoms with van der Waals surface area (Å²) in [6.45, 7) is 1.84. The van der Waals surface area contributed by atoms with Crippen LogP contribution in [0, 0.1) is 6.92 Å². The van der Waals surface area contributed by atoms with Crippen LogP contribution in [0.4, 0.5) is 11.4 Å². The molecule has 0 saturated carbocycles. The second kappa shape index (κ2) is 10.8. The van der Waals surface area contributed by atoms with Crippen LogP contribution in [0.15, 0.2) is 83.8 Å². The highest BCUT2D eigenvalue weighted by Gasteiger charge is 2.06. The number of aryl methyl sites for hydroxylation is 1. The fraction of sp³-hybridized carbons (Fsp3) is 0.100. The standard InChI is InChI=1S/C7H9NO.C7H8O3S.C6H7N/c1-9-7-5-3-2-4-6(7)8;1-6-2-4-7(5-3-6)11(8,9)10;7-6-4-2-1-3-5-6/h2-5H,8H2,1H3;2-5H,1H3,(H,8,9,10);1-5H,7H2. The molecule has 0 fully saturated rings. The van der Waals surface area contributed by atoms with Crippen molar-refractivity contribution in [3.63, 3.8) is 0 Å². The molecule has 0 unspecified atom stereocenters. The number of hydrogen-bond donors (Lipinski definition) is 3. The van der Waals surface area contributed by atoms with E-state index in [1.807, 2.05) is 55.5 Å². The molecule has 5 N–H and O–H groups in total. The van der Waals surface area contributed by atoms with Gasteiger partial charge in [-0.25, -0.2) is 0 Å². The summed E-state index contributed by atoms with van der Waals surface area (Å²) in [4.78, 5) is -0.0666. The van der Waals surface area contributed by atoms with Crippen LogP contribution in [0.25, 0.3) is 0 Å². The van der Waals surface area contributed by atoms with Crippen LogP contribution in [0.2, 0.25) is 0 Å². The molecule has 3 aromatic carbocycles. The molecule has 0 aliphatic heterocycles. The Hall–Kier alpha value is -3.03. The second-order valence-corrected chi connectivity index (χ2v) is 6.86. The van der Waals surface area contributed by atoms with Crippen LogP contribution < -0.4 is 16.2 Å². The van der Waals surface area contributed by atoms with Gasteiger partial charge in [0.2, 0.25) is 0 Å². The van der Waals surface area contributed by atoms with E-state index in [2.05, 4.69) is 0 Å². The van der Waals surface area contributed by atoms with Crippen LogP contribution >= 0.6 is 0 Å². The van der Waals surface area contributed by atoms with Crippen molar-refractivity contribution < 1.29 is 17.7 Å². The number of para-hydroxylation sites is 3. The number of benzene rings is 3. The maximum Gasteiger partial charge on any atom is 0.294 e. The van der Waals surface area contributed by atoms with Gasteiger partial charge in [-0.05, 0) is 43.3 Å². The zero-order valence-electron chi connectivity index (χ0n) is 15.2. The Balaban J connectivity index is 0.000000208. The number of hydrogen-bond acceptors (Lipinski definition) is 5. The lowest BCUT2D eigenvalue weighted by Crippen LogP contribution is -1.96. The first-order chi connectivity index (χ1) is 12.7. The summed E-state index contributed by atoms with van der Waals surface area (Å²) in [7, 11) is -2.42. The molecule has 0 aliphatic rings. The molecule has 27 heavy (non-hydrogen) atoms. The van der Waals surface area contributed by atoms with E-state index in [1.54, 1.807) is 25.3 Å². The smallest absolute Gasteiger partial charge is 0.294 e. The summed E-state index contributed by atoms with van der Waals surface area (Å²) in [5.41, 5.74) is 13.3. The molecular weight excluding hydrogens is 364 g/mol. The highest BCUT2D eigenvalue weighted by atomic mass is 32.2. The predicted octanol–water partition coefficient (Wildman–Crippen LogP) is 3.79. The minimum atomic E-state index is -4.02. The van der Waals surface area contributed by atoms with Crippen molar-refractivity contribution in [2.75, 3.05) is 18.6 Å². The van der Waals surface area contributed by atoms with Gasteiger partial charge in [0.15, 0.2) is 0 Å². The van der Waals surface area contributed by atoms with E-state index in [0.717, 1.165) is 17.0 Å². The van der Waals surface area contributed by atoms with Crippen molar-refractivity contribution in [2.45, 2.75) is 11.8 Å². The van der Waals surface area contributed by atoms with Gasteiger partial charge < -0.3 is 16.2 Å². The molecule has 0 aromatic heterocycles. The number of ether oxygens (including phenoxy) is 1. The molecule has 3 rings (SSSR count). The molecule has 144 valence electrons. The van der Waals surface area contributed by atoms with Crippen LogP contribution in [0.3, 0.4) is 0 Å². The lowest BCUT2D eigenvalue weighted by Gasteiger charge is -2.00. The Kier molecular flexibility index (Phi) is 8.84. The molecule has 3 aromatic rings. The minimum absolute atomic E-state index is 0.0666. The van der Waals surface area contributed by atoms with Gasteiger partial charge in [-0.3, -0.25) is 4.55 Å². The van der Waals surface area contributed by atoms with Gasteiger partial charge in [0, 0.05) is 5.69 Å². The molecule has 0 radical (unpaired) electrons. The van der Waals surface area contributed by atoms with E-state index in [-0.39, 0.29) is 4.90 Å². The molecule has 6 nitrogen and oxygen atoms in total. The van der Waals surface area contributed by atoms with Crippen molar-refractivity contribution in [2.24, 2.45) is 0 Å². The molecule has 0 saturated heterocycles. The summed E-state index contributed by atoms with van der Waals surface area (Å²) < 4.78 is 34.5. The minimum Gasteiger partial charge on any atom is -0.495 e. The van der Waals surface area contributed by atoms with E-state index in [4.69, 9.17) is 20.8 Å². The summed E-state index contributed by atoms with van der Waals surface area (Å²) in [6.07, 6.45) is 0. The quantitative estimate of drug-likeness (QED) is 0.454. The molecular formula is C20H24N2O4S. The molecule has 0 heterocycles. The fourth-order valence-corrected chi connectivity index (χ4v) is 2.31. The molecule has 0 amide bonds. The molecule has 0 spiro atoms. The third-order valence-electron chi connectivity index (χ3n) is 3.26. The highest BCUT2D eigenvalue weighted by molar-refractivity contribution is 7.85. The number of nitrogen functional groups attached to an aromatic ring is 2. The maximum absolute atomic E-state index is 10.5. The van der Waals surface area contributed by atoms with Gasteiger partial charge in [-0.2, -0.15) is 8.42 Å². The van der Waals surface area contributed by atoms with Gasteiger partial charge >= 0.3 is 0 Å². The third-order valence-corrected chi connectivity index (χ3v) is 4.13. The lowest BCUT2D eigenvalue weighted by molar-refractivity contribution is 0.417. The number of methoxy groups -OCH3 is 1. The van der Waals surface area contributed by atoms with Crippen LogP contribution in [-0.2, 0) is 10.1 Å². The van der Waals surface area contributed by atoms with E-state index >= 15 is 0 Å². The van der Waals surface area contributed by atoms with Crippen molar-refractivity contribution in [3.8, 4) is 5.75 Å². The SMILES string of the molecule is COc1ccccc1N.Cc1ccc(S(=O)(=O)O)cc1.Nc1ccccc1. The average molecular weight is 388 g/mol. The van der Waals surface area contributed by atoms with Crippen LogP contribution in [-0.4, -0.2) is 20.1 Å². The maximum atomic E-state index is 10.5. The van der Waals surface area contributed by atoms with E-state index in [9.17, 15) is 8.42 Å². The van der Waals surface area contributed by atoms with Crippen LogP contribution in [0.5, 0.6) is 5.75 Å². The Morgan fingerprint density at radius 2 is 1.33 bits per heavy atom. The first kappa shape index (κ1) is 22.0. The van der Waals surface area contributed by atoms with Gasteiger partial charge in [0.1, 0.15) is 5.75 Å². The van der Waals surface area contributed by atoms with Crippen molar-refractivity contribution in [3.05, 3.63) is 84.4 Å². The van der Waals surface area contributed by atoms with Crippen LogP contribution in [0.1, 0.15) is 5.56 Å². The summed E-state index contributed by atoms with van der Waals surface area (Å²) in [5, 5.41) is 0. The normalized spacial score (nSPS) is 9.89. The molecule has 0 bridgehead atoms. The van der Waals surface area contributed by atoms with E-state index in [1.165, 1.54) is 12.1 Å². The van der Waals surface area contributed by atoms with Gasteiger partial charge in [0.05, 0.1) is 17.7 Å². The van der Waals surface area contributed by atoms with Gasteiger partial charge in [-0.15, -0.1) is 0 Å². The molecule has 7 heteroatoms. The predicted molar refractivity (Wildman–Crippen MR) is 109 cm³/mol. The third kappa shape index (κ3) is 8.75. The Morgan fingerprint density at radius 1 is 0.815 bits per heavy atom. The summed E-state index contributed by atoms with van der Waals surface area (Å²) in [5.74, 6) is 0.734. The number of nitrogens with two attached hydrogens (primary N) is 2. The highest BCUT2D eigenvalue weighted by Crippen LogP contribution is 2.18. The molecule has 0 aliphatic carbocycles. The Bertz CT molecular complexity index is 912. The zero-order chi connectivity index (χ0) is 20.3. The first-order valence-corrected chi connectivity index (χ1v) is 9.41. The lowest BCUT2D eigenvalue weighted by atomic mass is 10.2. The fourth-order valence-electron chi connectivity index (χ4n) is 1.83. The topological polar surface area (TPSA) is 116 Å². The first-order valence-electron chi connectivity index (χ1n) is 7.97. The monoisotopic (exact) mass is 388 g/mol. The summed E-state index contributed by atoms with van der Waals surface area (Å²) in [6, 6.07) is 22.9. The number of anilines is 2. The molecule has 0 atom stereocenters. The van der Waals surface area contributed by atoms with Gasteiger partial charge in [0.25, 0.3) is 10.1 Å². The number of rotatable bonds is 2. The van der Waals surface area contributed by atoms with Crippen molar-refractivity contribution in [1.82, 2.24) is 0 Å². The van der Waals surface area contributed by atoms with E-state index < -0.39 is 10.1 Å².